The van der Waals surface area contributed by atoms with Gasteiger partial charge in [0.1, 0.15) is 0 Å². The highest BCUT2D eigenvalue weighted by molar-refractivity contribution is 5.56. The molecule has 3 rings (SSSR count). The molecule has 0 saturated carbocycles. The van der Waals surface area contributed by atoms with Crippen molar-refractivity contribution < 1.29 is 4.52 Å². The molecule has 20 heavy (non-hydrogen) atoms. The van der Waals surface area contributed by atoms with Gasteiger partial charge in [-0.15, -0.1) is 0 Å². The molecular weight excluding hydrogens is 250 g/mol. The number of aryl methyl sites for hydroxylation is 2. The maximum Gasteiger partial charge on any atom is 0.227 e. The van der Waals surface area contributed by atoms with Crippen LogP contribution in [0.25, 0.3) is 11.4 Å². The summed E-state index contributed by atoms with van der Waals surface area (Å²) >= 11 is 0. The Morgan fingerprint density at radius 2 is 1.85 bits per heavy atom. The molecule has 0 amide bonds. The van der Waals surface area contributed by atoms with E-state index in [0.29, 0.717) is 11.7 Å². The van der Waals surface area contributed by atoms with Crippen LogP contribution in [-0.2, 0) is 6.42 Å². The highest BCUT2D eigenvalue weighted by Crippen LogP contribution is 2.22. The Labute approximate surface area is 119 Å². The van der Waals surface area contributed by atoms with Crippen LogP contribution >= 0.6 is 0 Å². The molecule has 0 radical (unpaired) electrons. The van der Waals surface area contributed by atoms with Gasteiger partial charge in [0.25, 0.3) is 0 Å². The van der Waals surface area contributed by atoms with Crippen LogP contribution in [0.5, 0.6) is 0 Å². The molecule has 1 N–H and O–H groups in total. The molecule has 2 aromatic rings. The van der Waals surface area contributed by atoms with E-state index in [9.17, 15) is 0 Å². The number of nitrogens with one attached hydrogen (secondary N) is 1. The second kappa shape index (κ2) is 5.75. The number of aromatic nitrogens is 2. The van der Waals surface area contributed by atoms with E-state index in [1.165, 1.54) is 24.0 Å². The number of nitrogens with zero attached hydrogens (tertiary/aromatic N) is 2. The summed E-state index contributed by atoms with van der Waals surface area (Å²) in [6.07, 6.45) is 3.29. The van der Waals surface area contributed by atoms with Gasteiger partial charge in [-0.05, 0) is 57.8 Å². The van der Waals surface area contributed by atoms with Crippen LogP contribution in [-0.4, -0.2) is 23.2 Å². The van der Waals surface area contributed by atoms with Gasteiger partial charge in [-0.3, -0.25) is 0 Å². The number of hydrogen-bond donors (Lipinski definition) is 1. The minimum absolute atomic E-state index is 0.670. The zero-order valence-electron chi connectivity index (χ0n) is 12.1. The van der Waals surface area contributed by atoms with Crippen LogP contribution in [0.1, 0.15) is 29.9 Å². The summed E-state index contributed by atoms with van der Waals surface area (Å²) in [5.74, 6) is 2.15. The van der Waals surface area contributed by atoms with Gasteiger partial charge < -0.3 is 9.84 Å². The third-order valence-electron chi connectivity index (χ3n) is 3.87. The van der Waals surface area contributed by atoms with Crippen molar-refractivity contribution in [1.29, 1.82) is 0 Å². The minimum atomic E-state index is 0.670. The van der Waals surface area contributed by atoms with E-state index < -0.39 is 0 Å². The number of hydrogen-bond acceptors (Lipinski definition) is 4. The maximum absolute atomic E-state index is 5.42. The van der Waals surface area contributed by atoms with Crippen molar-refractivity contribution >= 4 is 0 Å². The predicted molar refractivity (Wildman–Crippen MR) is 78.5 cm³/mol. The molecule has 4 nitrogen and oxygen atoms in total. The molecule has 0 unspecified atom stereocenters. The van der Waals surface area contributed by atoms with Gasteiger partial charge in [0.05, 0.1) is 0 Å². The fourth-order valence-electron chi connectivity index (χ4n) is 2.89. The Kier molecular flexibility index (Phi) is 3.83. The van der Waals surface area contributed by atoms with Gasteiger partial charge in [-0.2, -0.15) is 4.98 Å². The first-order chi connectivity index (χ1) is 9.70. The SMILES string of the molecule is Cc1cc(C)cc(-c2noc(CC3CCNCC3)n2)c1. The normalized spacial score (nSPS) is 16.5. The zero-order valence-corrected chi connectivity index (χ0v) is 12.1. The average molecular weight is 271 g/mol. The molecule has 1 fully saturated rings. The lowest BCUT2D eigenvalue weighted by Crippen LogP contribution is -2.28. The van der Waals surface area contributed by atoms with Gasteiger partial charge in [-0.25, -0.2) is 0 Å². The molecule has 4 heteroatoms. The predicted octanol–water partition coefficient (Wildman–Crippen LogP) is 2.90. The molecule has 1 saturated heterocycles. The smallest absolute Gasteiger partial charge is 0.227 e. The van der Waals surface area contributed by atoms with Crippen LogP contribution in [0.4, 0.5) is 0 Å². The second-order valence-electron chi connectivity index (χ2n) is 5.79. The van der Waals surface area contributed by atoms with Crippen molar-refractivity contribution in [3.63, 3.8) is 0 Å². The summed E-state index contributed by atoms with van der Waals surface area (Å²) in [5.41, 5.74) is 3.50. The first-order valence-electron chi connectivity index (χ1n) is 7.32. The van der Waals surface area contributed by atoms with E-state index >= 15 is 0 Å². The summed E-state index contributed by atoms with van der Waals surface area (Å²) in [5, 5.41) is 7.51. The van der Waals surface area contributed by atoms with E-state index in [1.54, 1.807) is 0 Å². The van der Waals surface area contributed by atoms with Crippen molar-refractivity contribution in [3.05, 3.63) is 35.2 Å². The highest BCUT2D eigenvalue weighted by atomic mass is 16.5. The Morgan fingerprint density at radius 1 is 1.15 bits per heavy atom. The van der Waals surface area contributed by atoms with Crippen LogP contribution in [0.3, 0.4) is 0 Å². The summed E-state index contributed by atoms with van der Waals surface area (Å²) in [7, 11) is 0. The van der Waals surface area contributed by atoms with E-state index in [-0.39, 0.29) is 0 Å². The quantitative estimate of drug-likeness (QED) is 0.932. The van der Waals surface area contributed by atoms with Crippen LogP contribution < -0.4 is 5.32 Å². The third-order valence-corrected chi connectivity index (χ3v) is 3.87. The van der Waals surface area contributed by atoms with Gasteiger partial charge in [0.15, 0.2) is 0 Å². The Bertz CT molecular complexity index is 565. The molecule has 0 spiro atoms. The molecule has 1 aliphatic rings. The average Bonchev–Trinajstić information content (AvgIpc) is 2.87. The van der Waals surface area contributed by atoms with Crippen molar-refractivity contribution in [2.24, 2.45) is 5.92 Å². The van der Waals surface area contributed by atoms with Gasteiger partial charge >= 0.3 is 0 Å². The van der Waals surface area contributed by atoms with Crippen molar-refractivity contribution in [3.8, 4) is 11.4 Å². The number of benzene rings is 1. The third kappa shape index (κ3) is 3.07. The molecule has 2 heterocycles. The highest BCUT2D eigenvalue weighted by Gasteiger charge is 2.17. The standard InChI is InChI=1S/C16H21N3O/c1-11-7-12(2)9-14(8-11)16-18-15(20-19-16)10-13-3-5-17-6-4-13/h7-9,13,17H,3-6,10H2,1-2H3. The van der Waals surface area contributed by atoms with Gasteiger partial charge in [0.2, 0.25) is 11.7 Å². The number of piperidine rings is 1. The summed E-state index contributed by atoms with van der Waals surface area (Å²) < 4.78 is 5.42. The fraction of sp³-hybridized carbons (Fsp3) is 0.500. The van der Waals surface area contributed by atoms with Gasteiger partial charge in [0, 0.05) is 12.0 Å². The summed E-state index contributed by atoms with van der Waals surface area (Å²) in [6.45, 7) is 6.38. The summed E-state index contributed by atoms with van der Waals surface area (Å²) in [4.78, 5) is 4.56. The zero-order chi connectivity index (χ0) is 13.9. The maximum atomic E-state index is 5.42. The lowest BCUT2D eigenvalue weighted by molar-refractivity contribution is 0.313. The molecule has 0 aliphatic carbocycles. The van der Waals surface area contributed by atoms with E-state index in [0.717, 1.165) is 31.0 Å². The number of rotatable bonds is 3. The van der Waals surface area contributed by atoms with Crippen molar-refractivity contribution in [2.45, 2.75) is 33.1 Å². The first-order valence-corrected chi connectivity index (χ1v) is 7.32. The summed E-state index contributed by atoms with van der Waals surface area (Å²) in [6, 6.07) is 6.36. The Hall–Kier alpha value is -1.68. The van der Waals surface area contributed by atoms with Crippen molar-refractivity contribution in [2.75, 3.05) is 13.1 Å². The van der Waals surface area contributed by atoms with E-state index in [1.807, 2.05) is 0 Å². The van der Waals surface area contributed by atoms with Gasteiger partial charge in [-0.1, -0.05) is 22.3 Å². The Balaban J connectivity index is 1.75. The fourth-order valence-corrected chi connectivity index (χ4v) is 2.89. The molecular formula is C16H21N3O. The van der Waals surface area contributed by atoms with E-state index in [2.05, 4.69) is 47.5 Å². The topological polar surface area (TPSA) is 51.0 Å². The van der Waals surface area contributed by atoms with Crippen LogP contribution in [0.15, 0.2) is 22.7 Å². The van der Waals surface area contributed by atoms with Crippen LogP contribution in [0, 0.1) is 19.8 Å². The first kappa shape index (κ1) is 13.3. The molecule has 0 bridgehead atoms. The van der Waals surface area contributed by atoms with E-state index in [4.69, 9.17) is 4.52 Å². The lowest BCUT2D eigenvalue weighted by Gasteiger charge is -2.20. The molecule has 1 aromatic carbocycles. The minimum Gasteiger partial charge on any atom is -0.339 e. The largest absolute Gasteiger partial charge is 0.339 e. The van der Waals surface area contributed by atoms with Crippen LogP contribution in [0.2, 0.25) is 0 Å². The molecule has 1 aliphatic heterocycles. The lowest BCUT2D eigenvalue weighted by atomic mass is 9.95. The molecule has 1 aromatic heterocycles. The Morgan fingerprint density at radius 3 is 2.55 bits per heavy atom. The monoisotopic (exact) mass is 271 g/mol. The second-order valence-corrected chi connectivity index (χ2v) is 5.79. The molecule has 0 atom stereocenters. The van der Waals surface area contributed by atoms with Crippen molar-refractivity contribution in [1.82, 2.24) is 15.5 Å². The molecule has 106 valence electrons.